The minimum absolute atomic E-state index is 0.256. The molecule has 2 rings (SSSR count). The van der Waals surface area contributed by atoms with Crippen LogP contribution in [-0.2, 0) is 6.42 Å². The number of hydrogen-bond donors (Lipinski definition) is 3. The first-order chi connectivity index (χ1) is 11.1. The second kappa shape index (κ2) is 7.95. The van der Waals surface area contributed by atoms with Gasteiger partial charge < -0.3 is 4.74 Å². The summed E-state index contributed by atoms with van der Waals surface area (Å²) in [5, 5.41) is 11.2. The van der Waals surface area contributed by atoms with Crippen LogP contribution < -0.4 is 15.5 Å². The molecular formula is C17H18N2O4. The topological polar surface area (TPSA) is 87.7 Å². The van der Waals surface area contributed by atoms with Gasteiger partial charge in [-0.25, -0.2) is 10.3 Å². The minimum atomic E-state index is -0.631. The Labute approximate surface area is 134 Å². The molecular weight excluding hydrogens is 296 g/mol. The molecule has 0 heterocycles. The van der Waals surface area contributed by atoms with Crippen molar-refractivity contribution < 1.29 is 19.5 Å². The molecule has 0 atom stereocenters. The number of nitrogens with one attached hydrogen (secondary N) is 2. The van der Waals surface area contributed by atoms with Crippen LogP contribution in [0.5, 0.6) is 5.75 Å². The van der Waals surface area contributed by atoms with Crippen molar-refractivity contribution in [2.24, 2.45) is 0 Å². The normalized spacial score (nSPS) is 10.0. The van der Waals surface area contributed by atoms with Crippen LogP contribution in [0.3, 0.4) is 0 Å². The van der Waals surface area contributed by atoms with E-state index < -0.39 is 12.0 Å². The van der Waals surface area contributed by atoms with Gasteiger partial charge in [-0.1, -0.05) is 25.5 Å². The van der Waals surface area contributed by atoms with Crippen LogP contribution in [-0.4, -0.2) is 17.2 Å². The van der Waals surface area contributed by atoms with Crippen LogP contribution in [0.15, 0.2) is 48.5 Å². The maximum Gasteiger partial charge on any atom is 0.417 e. The zero-order chi connectivity index (χ0) is 16.7. The lowest BCUT2D eigenvalue weighted by Crippen LogP contribution is -2.19. The van der Waals surface area contributed by atoms with Gasteiger partial charge in [0.25, 0.3) is 5.91 Å². The van der Waals surface area contributed by atoms with Crippen molar-refractivity contribution in [1.82, 2.24) is 5.48 Å². The summed E-state index contributed by atoms with van der Waals surface area (Å²) in [6.07, 6.45) is 1.45. The van der Waals surface area contributed by atoms with E-state index in [1.54, 1.807) is 0 Å². The van der Waals surface area contributed by atoms with Gasteiger partial charge in [0.05, 0.1) is 0 Å². The van der Waals surface area contributed by atoms with Gasteiger partial charge in [0.2, 0.25) is 0 Å². The lowest BCUT2D eigenvalue weighted by molar-refractivity contribution is 0.0706. The Kier molecular flexibility index (Phi) is 5.71. The molecule has 0 aromatic heterocycles. The van der Waals surface area contributed by atoms with Crippen LogP contribution in [0.25, 0.3) is 0 Å². The second-order valence-electron chi connectivity index (χ2n) is 4.93. The Bertz CT molecular complexity index is 666. The van der Waals surface area contributed by atoms with Crippen LogP contribution in [0, 0.1) is 0 Å². The predicted octanol–water partition coefficient (Wildman–Crippen LogP) is 3.37. The Morgan fingerprint density at radius 2 is 1.70 bits per heavy atom. The van der Waals surface area contributed by atoms with Gasteiger partial charge in [0.1, 0.15) is 5.75 Å². The largest absolute Gasteiger partial charge is 0.417 e. The van der Waals surface area contributed by atoms with E-state index >= 15 is 0 Å². The number of hydrogen-bond acceptors (Lipinski definition) is 4. The van der Waals surface area contributed by atoms with Gasteiger partial charge >= 0.3 is 6.09 Å². The van der Waals surface area contributed by atoms with Crippen molar-refractivity contribution in [2.75, 3.05) is 5.32 Å². The van der Waals surface area contributed by atoms with Crippen LogP contribution in [0.1, 0.15) is 29.3 Å². The molecule has 0 unspecified atom stereocenters. The summed E-state index contributed by atoms with van der Waals surface area (Å²) in [4.78, 5) is 23.0. The molecule has 2 amide bonds. The first kappa shape index (κ1) is 16.5. The molecule has 3 N–H and O–H groups in total. The van der Waals surface area contributed by atoms with Crippen molar-refractivity contribution >= 4 is 17.7 Å². The van der Waals surface area contributed by atoms with Crippen molar-refractivity contribution in [2.45, 2.75) is 19.8 Å². The summed E-state index contributed by atoms with van der Waals surface area (Å²) < 4.78 is 5.12. The molecule has 0 saturated heterocycles. The van der Waals surface area contributed by atoms with Gasteiger partial charge in [-0.3, -0.25) is 15.3 Å². The number of aryl methyl sites for hydroxylation is 1. The lowest BCUT2D eigenvalue weighted by atomic mass is 10.1. The third-order valence-corrected chi connectivity index (χ3v) is 3.17. The molecule has 6 heteroatoms. The molecule has 2 aromatic carbocycles. The highest BCUT2D eigenvalue weighted by molar-refractivity contribution is 5.93. The van der Waals surface area contributed by atoms with Gasteiger partial charge in [-0.05, 0) is 48.4 Å². The molecule has 2 aromatic rings. The van der Waals surface area contributed by atoms with E-state index in [0.29, 0.717) is 11.4 Å². The van der Waals surface area contributed by atoms with Gasteiger partial charge in [0, 0.05) is 11.3 Å². The van der Waals surface area contributed by atoms with E-state index in [1.807, 2.05) is 24.3 Å². The molecule has 0 radical (unpaired) electrons. The molecule has 23 heavy (non-hydrogen) atoms. The van der Waals surface area contributed by atoms with E-state index in [2.05, 4.69) is 12.2 Å². The highest BCUT2D eigenvalue weighted by atomic mass is 16.6. The van der Waals surface area contributed by atoms with E-state index in [4.69, 9.17) is 9.94 Å². The van der Waals surface area contributed by atoms with Crippen LogP contribution in [0.2, 0.25) is 0 Å². The number of hydroxylamine groups is 1. The van der Waals surface area contributed by atoms with Crippen LogP contribution in [0.4, 0.5) is 10.5 Å². The standard InChI is InChI=1S/C17H18N2O4/c1-2-3-12-4-8-14(9-5-12)18-17(21)23-15-10-6-13(7-11-15)16(20)19-22/h4-11,22H,2-3H2,1H3,(H,18,21)(H,19,20). The summed E-state index contributed by atoms with van der Waals surface area (Å²) in [6, 6.07) is 13.4. The molecule has 120 valence electrons. The fraction of sp³-hybridized carbons (Fsp3) is 0.176. The molecule has 0 aliphatic heterocycles. The van der Waals surface area contributed by atoms with Gasteiger partial charge in [0.15, 0.2) is 0 Å². The molecule has 6 nitrogen and oxygen atoms in total. The molecule has 0 bridgehead atoms. The van der Waals surface area contributed by atoms with Crippen molar-refractivity contribution in [3.05, 3.63) is 59.7 Å². The van der Waals surface area contributed by atoms with Crippen molar-refractivity contribution in [3.8, 4) is 5.75 Å². The predicted molar refractivity (Wildman–Crippen MR) is 85.8 cm³/mol. The first-order valence-corrected chi connectivity index (χ1v) is 7.24. The Balaban J connectivity index is 1.92. The van der Waals surface area contributed by atoms with E-state index in [-0.39, 0.29) is 5.56 Å². The number of ether oxygens (including phenoxy) is 1. The number of carbonyl (C=O) groups excluding carboxylic acids is 2. The third-order valence-electron chi connectivity index (χ3n) is 3.17. The van der Waals surface area contributed by atoms with Crippen LogP contribution >= 0.6 is 0 Å². The zero-order valence-electron chi connectivity index (χ0n) is 12.7. The number of amides is 2. The Morgan fingerprint density at radius 3 is 2.26 bits per heavy atom. The molecule has 0 saturated carbocycles. The van der Waals surface area contributed by atoms with E-state index in [9.17, 15) is 9.59 Å². The van der Waals surface area contributed by atoms with Gasteiger partial charge in [-0.15, -0.1) is 0 Å². The number of benzene rings is 2. The average molecular weight is 314 g/mol. The minimum Gasteiger partial charge on any atom is -0.410 e. The third kappa shape index (κ3) is 4.82. The average Bonchev–Trinajstić information content (AvgIpc) is 2.57. The SMILES string of the molecule is CCCc1ccc(NC(=O)Oc2ccc(C(=O)NO)cc2)cc1. The summed E-state index contributed by atoms with van der Waals surface area (Å²) in [7, 11) is 0. The quantitative estimate of drug-likeness (QED) is 0.583. The Hall–Kier alpha value is -2.86. The number of carbonyl (C=O) groups is 2. The number of rotatable bonds is 5. The first-order valence-electron chi connectivity index (χ1n) is 7.24. The molecule has 0 aliphatic rings. The fourth-order valence-electron chi connectivity index (χ4n) is 2.03. The van der Waals surface area contributed by atoms with E-state index in [1.165, 1.54) is 35.3 Å². The summed E-state index contributed by atoms with van der Waals surface area (Å²) in [5.74, 6) is -0.340. The van der Waals surface area contributed by atoms with Crippen molar-refractivity contribution in [1.29, 1.82) is 0 Å². The van der Waals surface area contributed by atoms with E-state index in [0.717, 1.165) is 12.8 Å². The lowest BCUT2D eigenvalue weighted by Gasteiger charge is -2.08. The maximum absolute atomic E-state index is 11.8. The highest BCUT2D eigenvalue weighted by Gasteiger charge is 2.07. The molecule has 0 aliphatic carbocycles. The zero-order valence-corrected chi connectivity index (χ0v) is 12.7. The highest BCUT2D eigenvalue weighted by Crippen LogP contribution is 2.15. The number of anilines is 1. The monoisotopic (exact) mass is 314 g/mol. The van der Waals surface area contributed by atoms with Gasteiger partial charge in [-0.2, -0.15) is 0 Å². The smallest absolute Gasteiger partial charge is 0.410 e. The maximum atomic E-state index is 11.8. The van der Waals surface area contributed by atoms with Crippen molar-refractivity contribution in [3.63, 3.8) is 0 Å². The summed E-state index contributed by atoms with van der Waals surface area (Å²) in [6.45, 7) is 2.11. The molecule has 0 fully saturated rings. The Morgan fingerprint density at radius 1 is 1.04 bits per heavy atom. The fourth-order valence-corrected chi connectivity index (χ4v) is 2.03. The second-order valence-corrected chi connectivity index (χ2v) is 4.93. The summed E-state index contributed by atoms with van der Waals surface area (Å²) in [5.41, 5.74) is 3.64. The summed E-state index contributed by atoms with van der Waals surface area (Å²) >= 11 is 0. The molecule has 0 spiro atoms.